The standard InChI is InChI=1S/C11H14N4O3S/c1-18-8-2-4-13(5-3-8)9-10(15(16)17)14-6-7-19-11(14)12-9/h6-8H,2-5H2,1H3. The van der Waals surface area contributed by atoms with Crippen molar-refractivity contribution in [1.82, 2.24) is 9.38 Å². The number of aromatic nitrogens is 2. The van der Waals surface area contributed by atoms with Crippen LogP contribution in [0.3, 0.4) is 0 Å². The summed E-state index contributed by atoms with van der Waals surface area (Å²) in [6.45, 7) is 1.48. The number of hydrogen-bond donors (Lipinski definition) is 0. The van der Waals surface area contributed by atoms with Crippen molar-refractivity contribution >= 4 is 27.9 Å². The molecular weight excluding hydrogens is 268 g/mol. The highest BCUT2D eigenvalue weighted by Gasteiger charge is 2.30. The lowest BCUT2D eigenvalue weighted by Gasteiger charge is -2.30. The second kappa shape index (κ2) is 4.78. The van der Waals surface area contributed by atoms with Crippen molar-refractivity contribution in [2.45, 2.75) is 18.9 Å². The molecule has 102 valence electrons. The normalized spacial score (nSPS) is 17.2. The van der Waals surface area contributed by atoms with Crippen LogP contribution >= 0.6 is 11.3 Å². The zero-order valence-electron chi connectivity index (χ0n) is 10.5. The van der Waals surface area contributed by atoms with Gasteiger partial charge in [-0.25, -0.2) is 0 Å². The Morgan fingerprint density at radius 3 is 2.89 bits per heavy atom. The minimum absolute atomic E-state index is 0.0621. The summed E-state index contributed by atoms with van der Waals surface area (Å²) in [6, 6.07) is 0. The number of fused-ring (bicyclic) bond motifs is 1. The number of nitrogens with zero attached hydrogens (tertiary/aromatic N) is 4. The molecule has 0 unspecified atom stereocenters. The maximum Gasteiger partial charge on any atom is 0.373 e. The molecule has 0 aliphatic carbocycles. The average Bonchev–Trinajstić information content (AvgIpc) is 2.98. The summed E-state index contributed by atoms with van der Waals surface area (Å²) in [7, 11) is 1.70. The van der Waals surface area contributed by atoms with Crippen LogP contribution in [0.1, 0.15) is 12.8 Å². The summed E-state index contributed by atoms with van der Waals surface area (Å²) in [6.07, 6.45) is 3.69. The Bertz CT molecular complexity index is 600. The molecule has 0 saturated carbocycles. The highest BCUT2D eigenvalue weighted by molar-refractivity contribution is 7.15. The van der Waals surface area contributed by atoms with Gasteiger partial charge in [-0.2, -0.15) is 9.38 Å². The van der Waals surface area contributed by atoms with Gasteiger partial charge in [0, 0.05) is 25.6 Å². The molecule has 0 amide bonds. The first-order valence-electron chi connectivity index (χ1n) is 6.08. The lowest BCUT2D eigenvalue weighted by molar-refractivity contribution is -0.389. The van der Waals surface area contributed by atoms with E-state index in [0.717, 1.165) is 25.9 Å². The Morgan fingerprint density at radius 1 is 1.53 bits per heavy atom. The lowest BCUT2D eigenvalue weighted by Crippen LogP contribution is -2.37. The SMILES string of the molecule is COC1CCN(c2nc3sccn3c2[N+](=O)[O-])CC1. The van der Waals surface area contributed by atoms with Gasteiger partial charge in [0.1, 0.15) is 6.20 Å². The fourth-order valence-corrected chi connectivity index (χ4v) is 3.15. The Labute approximate surface area is 113 Å². The van der Waals surface area contributed by atoms with E-state index in [-0.39, 0.29) is 16.8 Å². The number of ether oxygens (including phenoxy) is 1. The molecule has 1 fully saturated rings. The molecular formula is C11H14N4O3S. The van der Waals surface area contributed by atoms with Gasteiger partial charge in [0.25, 0.3) is 4.96 Å². The number of piperidine rings is 1. The van der Waals surface area contributed by atoms with Gasteiger partial charge in [-0.05, 0) is 17.8 Å². The van der Waals surface area contributed by atoms with E-state index in [0.29, 0.717) is 10.8 Å². The molecule has 1 saturated heterocycles. The molecule has 19 heavy (non-hydrogen) atoms. The van der Waals surface area contributed by atoms with Crippen molar-refractivity contribution in [3.63, 3.8) is 0 Å². The van der Waals surface area contributed by atoms with Crippen LogP contribution in [0, 0.1) is 10.1 Å². The second-order valence-electron chi connectivity index (χ2n) is 4.49. The van der Waals surface area contributed by atoms with E-state index < -0.39 is 0 Å². The summed E-state index contributed by atoms with van der Waals surface area (Å²) in [4.78, 5) is 17.9. The summed E-state index contributed by atoms with van der Waals surface area (Å²) in [5.41, 5.74) is 0. The lowest BCUT2D eigenvalue weighted by atomic mass is 10.1. The molecule has 0 atom stereocenters. The first-order valence-corrected chi connectivity index (χ1v) is 6.96. The molecule has 0 radical (unpaired) electrons. The fourth-order valence-electron chi connectivity index (χ4n) is 2.45. The molecule has 2 aromatic rings. The van der Waals surface area contributed by atoms with E-state index in [9.17, 15) is 10.1 Å². The molecule has 1 aliphatic rings. The molecule has 0 bridgehead atoms. The molecule has 3 heterocycles. The molecule has 2 aromatic heterocycles. The smallest absolute Gasteiger partial charge is 0.373 e. The number of imidazole rings is 1. The van der Waals surface area contributed by atoms with Crippen molar-refractivity contribution in [2.75, 3.05) is 25.1 Å². The van der Waals surface area contributed by atoms with E-state index in [1.807, 2.05) is 4.90 Å². The quantitative estimate of drug-likeness (QED) is 0.635. The Kier molecular flexibility index (Phi) is 3.11. The average molecular weight is 282 g/mol. The maximum absolute atomic E-state index is 11.3. The summed E-state index contributed by atoms with van der Waals surface area (Å²) in [5, 5.41) is 13.1. The summed E-state index contributed by atoms with van der Waals surface area (Å²) < 4.78 is 6.86. The van der Waals surface area contributed by atoms with Crippen LogP contribution in [0.2, 0.25) is 0 Å². The monoisotopic (exact) mass is 282 g/mol. The number of methoxy groups -OCH3 is 1. The van der Waals surface area contributed by atoms with Crippen molar-refractivity contribution in [2.24, 2.45) is 0 Å². The second-order valence-corrected chi connectivity index (χ2v) is 5.37. The Hall–Kier alpha value is -1.67. The fraction of sp³-hybridized carbons (Fsp3) is 0.545. The third-order valence-electron chi connectivity index (χ3n) is 3.47. The van der Waals surface area contributed by atoms with E-state index in [2.05, 4.69) is 4.98 Å². The molecule has 0 N–H and O–H groups in total. The Morgan fingerprint density at radius 2 is 2.26 bits per heavy atom. The minimum atomic E-state index is -0.357. The van der Waals surface area contributed by atoms with Crippen LogP contribution in [0.25, 0.3) is 4.96 Å². The number of rotatable bonds is 3. The molecule has 0 spiro atoms. The molecule has 3 rings (SSSR count). The van der Waals surface area contributed by atoms with E-state index in [4.69, 9.17) is 4.74 Å². The molecule has 8 heteroatoms. The predicted molar refractivity (Wildman–Crippen MR) is 72.0 cm³/mol. The number of anilines is 1. The first-order chi connectivity index (χ1) is 9.20. The summed E-state index contributed by atoms with van der Waals surface area (Å²) in [5.74, 6) is 0.540. The van der Waals surface area contributed by atoms with Crippen LogP contribution in [-0.4, -0.2) is 40.6 Å². The highest BCUT2D eigenvalue weighted by atomic mass is 32.1. The van der Waals surface area contributed by atoms with Crippen molar-refractivity contribution in [3.05, 3.63) is 21.7 Å². The molecule has 7 nitrogen and oxygen atoms in total. The first kappa shape index (κ1) is 12.4. The van der Waals surface area contributed by atoms with Crippen LogP contribution < -0.4 is 4.90 Å². The van der Waals surface area contributed by atoms with Gasteiger partial charge in [0.2, 0.25) is 5.82 Å². The van der Waals surface area contributed by atoms with Gasteiger partial charge in [0.05, 0.1) is 6.10 Å². The van der Waals surface area contributed by atoms with Gasteiger partial charge in [-0.3, -0.25) is 0 Å². The van der Waals surface area contributed by atoms with Crippen LogP contribution in [0.4, 0.5) is 11.6 Å². The van der Waals surface area contributed by atoms with Crippen LogP contribution in [-0.2, 0) is 4.74 Å². The van der Waals surface area contributed by atoms with Crippen LogP contribution in [0.15, 0.2) is 11.6 Å². The zero-order valence-corrected chi connectivity index (χ0v) is 11.3. The predicted octanol–water partition coefficient (Wildman–Crippen LogP) is 1.92. The topological polar surface area (TPSA) is 72.9 Å². The van der Waals surface area contributed by atoms with Gasteiger partial charge in [-0.1, -0.05) is 11.3 Å². The van der Waals surface area contributed by atoms with E-state index in [1.54, 1.807) is 23.1 Å². The number of hydrogen-bond acceptors (Lipinski definition) is 6. The van der Waals surface area contributed by atoms with Crippen molar-refractivity contribution in [1.29, 1.82) is 0 Å². The number of nitro groups is 1. The third-order valence-corrected chi connectivity index (χ3v) is 4.22. The molecule has 1 aliphatic heterocycles. The van der Waals surface area contributed by atoms with Crippen LogP contribution in [0.5, 0.6) is 0 Å². The summed E-state index contributed by atoms with van der Waals surface area (Å²) >= 11 is 1.40. The van der Waals surface area contributed by atoms with Gasteiger partial charge in [0.15, 0.2) is 0 Å². The van der Waals surface area contributed by atoms with Crippen molar-refractivity contribution in [3.8, 4) is 0 Å². The van der Waals surface area contributed by atoms with Gasteiger partial charge < -0.3 is 19.8 Å². The highest BCUT2D eigenvalue weighted by Crippen LogP contribution is 2.32. The number of thiazole rings is 1. The van der Waals surface area contributed by atoms with Crippen molar-refractivity contribution < 1.29 is 9.66 Å². The minimum Gasteiger partial charge on any atom is -0.381 e. The maximum atomic E-state index is 11.3. The van der Waals surface area contributed by atoms with E-state index >= 15 is 0 Å². The zero-order chi connectivity index (χ0) is 13.4. The van der Waals surface area contributed by atoms with Gasteiger partial charge >= 0.3 is 5.82 Å². The largest absolute Gasteiger partial charge is 0.381 e. The Balaban J connectivity index is 1.94. The molecule has 0 aromatic carbocycles. The third kappa shape index (κ3) is 2.06. The van der Waals surface area contributed by atoms with E-state index in [1.165, 1.54) is 11.3 Å². The van der Waals surface area contributed by atoms with Gasteiger partial charge in [-0.15, -0.1) is 0 Å².